The molecule has 0 fully saturated rings. The fraction of sp³-hybridized carbons (Fsp3) is 0.0909. The SMILES string of the molecule is NC(c1cc(F)c(F)c(F)c1)c1ccc(Br)s1. The van der Waals surface area contributed by atoms with Gasteiger partial charge in [0.15, 0.2) is 17.5 Å². The molecule has 0 aliphatic heterocycles. The molecule has 1 heterocycles. The van der Waals surface area contributed by atoms with Crippen LogP contribution in [-0.2, 0) is 0 Å². The Balaban J connectivity index is 2.41. The van der Waals surface area contributed by atoms with Crippen LogP contribution in [0.15, 0.2) is 28.1 Å². The van der Waals surface area contributed by atoms with E-state index in [4.69, 9.17) is 5.73 Å². The van der Waals surface area contributed by atoms with Crippen molar-refractivity contribution in [2.45, 2.75) is 6.04 Å². The minimum Gasteiger partial charge on any atom is -0.320 e. The third-order valence-electron chi connectivity index (χ3n) is 2.27. The Hall–Kier alpha value is -0.850. The van der Waals surface area contributed by atoms with Crippen LogP contribution in [0.5, 0.6) is 0 Å². The summed E-state index contributed by atoms with van der Waals surface area (Å²) in [6.45, 7) is 0. The fourth-order valence-electron chi connectivity index (χ4n) is 1.41. The number of halogens is 4. The van der Waals surface area contributed by atoms with Gasteiger partial charge >= 0.3 is 0 Å². The van der Waals surface area contributed by atoms with Gasteiger partial charge in [-0.15, -0.1) is 11.3 Å². The molecule has 0 aliphatic carbocycles. The van der Waals surface area contributed by atoms with Crippen LogP contribution < -0.4 is 5.73 Å². The number of hydrogen-bond acceptors (Lipinski definition) is 2. The standard InChI is InChI=1S/C11H7BrF3NS/c12-9-2-1-8(17-9)11(16)5-3-6(13)10(15)7(14)4-5/h1-4,11H,16H2. The van der Waals surface area contributed by atoms with Gasteiger partial charge in [-0.25, -0.2) is 13.2 Å². The highest BCUT2D eigenvalue weighted by Gasteiger charge is 2.17. The number of benzene rings is 1. The molecule has 0 amide bonds. The molecule has 6 heteroatoms. The van der Waals surface area contributed by atoms with Gasteiger partial charge in [-0.3, -0.25) is 0 Å². The lowest BCUT2D eigenvalue weighted by Gasteiger charge is -2.10. The topological polar surface area (TPSA) is 26.0 Å². The largest absolute Gasteiger partial charge is 0.320 e. The Bertz CT molecular complexity index is 532. The maximum Gasteiger partial charge on any atom is 0.194 e. The highest BCUT2D eigenvalue weighted by molar-refractivity contribution is 9.11. The summed E-state index contributed by atoms with van der Waals surface area (Å²) >= 11 is 4.63. The summed E-state index contributed by atoms with van der Waals surface area (Å²) < 4.78 is 39.7. The zero-order valence-corrected chi connectivity index (χ0v) is 10.8. The Morgan fingerprint density at radius 2 is 1.71 bits per heavy atom. The van der Waals surface area contributed by atoms with E-state index in [9.17, 15) is 13.2 Å². The Morgan fingerprint density at radius 1 is 1.12 bits per heavy atom. The number of nitrogens with two attached hydrogens (primary N) is 1. The molecular weight excluding hydrogens is 315 g/mol. The predicted molar refractivity (Wildman–Crippen MR) is 64.4 cm³/mol. The smallest absolute Gasteiger partial charge is 0.194 e. The molecular formula is C11H7BrF3NS. The molecule has 2 N–H and O–H groups in total. The number of thiophene rings is 1. The zero-order chi connectivity index (χ0) is 12.6. The lowest BCUT2D eigenvalue weighted by atomic mass is 10.1. The van der Waals surface area contributed by atoms with E-state index in [0.717, 1.165) is 20.8 Å². The van der Waals surface area contributed by atoms with Gasteiger partial charge in [0.1, 0.15) is 0 Å². The fourth-order valence-corrected chi connectivity index (χ4v) is 2.87. The van der Waals surface area contributed by atoms with E-state index in [0.29, 0.717) is 0 Å². The van der Waals surface area contributed by atoms with Gasteiger partial charge in [-0.2, -0.15) is 0 Å². The van der Waals surface area contributed by atoms with Crippen LogP contribution in [0.4, 0.5) is 13.2 Å². The molecule has 1 nitrogen and oxygen atoms in total. The monoisotopic (exact) mass is 321 g/mol. The molecule has 0 saturated heterocycles. The summed E-state index contributed by atoms with van der Waals surface area (Å²) in [5.41, 5.74) is 6.06. The average Bonchev–Trinajstić information content (AvgIpc) is 2.71. The summed E-state index contributed by atoms with van der Waals surface area (Å²) in [7, 11) is 0. The number of hydrogen-bond donors (Lipinski definition) is 1. The first-order valence-electron chi connectivity index (χ1n) is 4.64. The molecule has 0 saturated carbocycles. The highest BCUT2D eigenvalue weighted by Crippen LogP contribution is 2.30. The van der Waals surface area contributed by atoms with Gasteiger partial charge < -0.3 is 5.73 Å². The minimum absolute atomic E-state index is 0.204. The average molecular weight is 322 g/mol. The van der Waals surface area contributed by atoms with Gasteiger partial charge in [-0.1, -0.05) is 0 Å². The normalized spacial score (nSPS) is 12.8. The first-order chi connectivity index (χ1) is 7.99. The van der Waals surface area contributed by atoms with Crippen LogP contribution in [0.1, 0.15) is 16.5 Å². The molecule has 1 aromatic heterocycles. The molecule has 0 spiro atoms. The minimum atomic E-state index is -1.48. The van der Waals surface area contributed by atoms with Crippen LogP contribution in [-0.4, -0.2) is 0 Å². The quantitative estimate of drug-likeness (QED) is 0.832. The van der Waals surface area contributed by atoms with Crippen LogP contribution in [0.25, 0.3) is 0 Å². The van der Waals surface area contributed by atoms with E-state index in [-0.39, 0.29) is 5.56 Å². The van der Waals surface area contributed by atoms with Crippen LogP contribution in [0.3, 0.4) is 0 Å². The molecule has 1 aromatic carbocycles. The van der Waals surface area contributed by atoms with Crippen molar-refractivity contribution in [3.8, 4) is 0 Å². The van der Waals surface area contributed by atoms with Crippen LogP contribution in [0, 0.1) is 17.5 Å². The second-order valence-electron chi connectivity index (χ2n) is 3.42. The molecule has 90 valence electrons. The number of rotatable bonds is 2. The lowest BCUT2D eigenvalue weighted by molar-refractivity contribution is 0.444. The van der Waals surface area contributed by atoms with Crippen molar-refractivity contribution in [2.75, 3.05) is 0 Å². The van der Waals surface area contributed by atoms with E-state index in [1.54, 1.807) is 12.1 Å². The van der Waals surface area contributed by atoms with Crippen molar-refractivity contribution >= 4 is 27.3 Å². The third kappa shape index (κ3) is 2.53. The Labute approximate surface area is 108 Å². The molecule has 1 atom stereocenters. The highest BCUT2D eigenvalue weighted by atomic mass is 79.9. The van der Waals surface area contributed by atoms with E-state index >= 15 is 0 Å². The lowest BCUT2D eigenvalue weighted by Crippen LogP contribution is -2.11. The van der Waals surface area contributed by atoms with Gasteiger partial charge in [-0.05, 0) is 45.8 Å². The van der Waals surface area contributed by atoms with Crippen LogP contribution in [0.2, 0.25) is 0 Å². The van der Waals surface area contributed by atoms with E-state index in [2.05, 4.69) is 15.9 Å². The second-order valence-corrected chi connectivity index (χ2v) is 5.91. The molecule has 2 aromatic rings. The third-order valence-corrected chi connectivity index (χ3v) is 3.97. The molecule has 0 bridgehead atoms. The Kier molecular flexibility index (Phi) is 3.56. The summed E-state index contributed by atoms with van der Waals surface area (Å²) in [6, 6.07) is 4.69. The first-order valence-corrected chi connectivity index (χ1v) is 6.25. The molecule has 1 unspecified atom stereocenters. The van der Waals surface area contributed by atoms with Gasteiger partial charge in [0.05, 0.1) is 9.83 Å². The predicted octanol–water partition coefficient (Wildman–Crippen LogP) is 3.98. The summed E-state index contributed by atoms with van der Waals surface area (Å²) in [5.74, 6) is -3.94. The van der Waals surface area contributed by atoms with Crippen molar-refractivity contribution in [3.63, 3.8) is 0 Å². The van der Waals surface area contributed by atoms with Gasteiger partial charge in [0.25, 0.3) is 0 Å². The summed E-state index contributed by atoms with van der Waals surface area (Å²) in [5, 5.41) is 0. The second kappa shape index (κ2) is 4.80. The van der Waals surface area contributed by atoms with Crippen molar-refractivity contribution in [2.24, 2.45) is 5.73 Å². The van der Waals surface area contributed by atoms with Gasteiger partial charge in [0, 0.05) is 4.88 Å². The van der Waals surface area contributed by atoms with Crippen molar-refractivity contribution < 1.29 is 13.2 Å². The zero-order valence-electron chi connectivity index (χ0n) is 8.38. The van der Waals surface area contributed by atoms with E-state index in [1.165, 1.54) is 11.3 Å². The molecule has 0 radical (unpaired) electrons. The first kappa shape index (κ1) is 12.6. The van der Waals surface area contributed by atoms with E-state index < -0.39 is 23.5 Å². The molecule has 2 rings (SSSR count). The van der Waals surface area contributed by atoms with Gasteiger partial charge in [0.2, 0.25) is 0 Å². The summed E-state index contributed by atoms with van der Waals surface area (Å²) in [4.78, 5) is 0.738. The van der Waals surface area contributed by atoms with Crippen LogP contribution >= 0.6 is 27.3 Å². The van der Waals surface area contributed by atoms with Crippen molar-refractivity contribution in [3.05, 3.63) is 55.9 Å². The molecule has 17 heavy (non-hydrogen) atoms. The van der Waals surface area contributed by atoms with E-state index in [1.807, 2.05) is 0 Å². The summed E-state index contributed by atoms with van der Waals surface area (Å²) in [6.07, 6.45) is 0. The van der Waals surface area contributed by atoms with Crippen molar-refractivity contribution in [1.29, 1.82) is 0 Å². The Morgan fingerprint density at radius 3 is 2.18 bits per heavy atom. The maximum absolute atomic E-state index is 13.0. The van der Waals surface area contributed by atoms with Crippen molar-refractivity contribution in [1.82, 2.24) is 0 Å². The molecule has 0 aliphatic rings. The maximum atomic E-state index is 13.0.